The standard InChI is InChI=1S/C19H22N4O2/c1-25-16-8-5-7-15(13-16)18-17(14-23(21-18)12-6-9-20)19(24)22-10-3-2-4-11-22/h5,7-8,13-14H,2-4,6,10-12H2,1H3. The molecule has 3 rings (SSSR count). The fourth-order valence-corrected chi connectivity index (χ4v) is 3.11. The van der Waals surface area contributed by atoms with Gasteiger partial charge in [0.1, 0.15) is 11.4 Å². The number of aryl methyl sites for hydroxylation is 1. The molecular formula is C19H22N4O2. The molecule has 1 aromatic carbocycles. The molecular weight excluding hydrogens is 316 g/mol. The summed E-state index contributed by atoms with van der Waals surface area (Å²) < 4.78 is 6.98. The molecule has 1 saturated heterocycles. The summed E-state index contributed by atoms with van der Waals surface area (Å²) in [6.45, 7) is 2.06. The average Bonchev–Trinajstić information content (AvgIpc) is 3.10. The first-order valence-electron chi connectivity index (χ1n) is 8.61. The second-order valence-electron chi connectivity index (χ2n) is 6.15. The number of hydrogen-bond donors (Lipinski definition) is 0. The summed E-state index contributed by atoms with van der Waals surface area (Å²) in [6, 6.07) is 9.67. The van der Waals surface area contributed by atoms with Crippen molar-refractivity contribution in [3.05, 3.63) is 36.0 Å². The highest BCUT2D eigenvalue weighted by Gasteiger charge is 2.24. The van der Waals surface area contributed by atoms with E-state index < -0.39 is 0 Å². The van der Waals surface area contributed by atoms with Crippen LogP contribution in [0.2, 0.25) is 0 Å². The molecule has 0 spiro atoms. The van der Waals surface area contributed by atoms with E-state index in [1.807, 2.05) is 29.2 Å². The van der Waals surface area contributed by atoms with E-state index in [1.54, 1.807) is 18.0 Å². The number of likely N-dealkylation sites (tertiary alicyclic amines) is 1. The van der Waals surface area contributed by atoms with Crippen LogP contribution in [0.5, 0.6) is 5.75 Å². The second kappa shape index (κ2) is 7.84. The van der Waals surface area contributed by atoms with Crippen molar-refractivity contribution in [1.29, 1.82) is 5.26 Å². The van der Waals surface area contributed by atoms with Crippen molar-refractivity contribution in [2.24, 2.45) is 0 Å². The lowest BCUT2D eigenvalue weighted by Gasteiger charge is -2.26. The summed E-state index contributed by atoms with van der Waals surface area (Å²) in [5, 5.41) is 13.4. The molecule has 25 heavy (non-hydrogen) atoms. The van der Waals surface area contributed by atoms with Crippen LogP contribution in [0.1, 0.15) is 36.0 Å². The number of ether oxygens (including phenoxy) is 1. The summed E-state index contributed by atoms with van der Waals surface area (Å²) in [5.41, 5.74) is 2.08. The molecule has 0 bridgehead atoms. The summed E-state index contributed by atoms with van der Waals surface area (Å²) >= 11 is 0. The number of carbonyl (C=O) groups is 1. The maximum atomic E-state index is 13.0. The van der Waals surface area contributed by atoms with Crippen LogP contribution in [-0.2, 0) is 6.54 Å². The van der Waals surface area contributed by atoms with Gasteiger partial charge in [-0.25, -0.2) is 0 Å². The molecule has 1 fully saturated rings. The molecule has 1 amide bonds. The zero-order chi connectivity index (χ0) is 17.6. The predicted molar refractivity (Wildman–Crippen MR) is 94.2 cm³/mol. The molecule has 0 aliphatic carbocycles. The molecule has 0 radical (unpaired) electrons. The van der Waals surface area contributed by atoms with Gasteiger partial charge in [-0.1, -0.05) is 12.1 Å². The molecule has 6 heteroatoms. The number of piperidine rings is 1. The Balaban J connectivity index is 1.98. The molecule has 1 aromatic heterocycles. The molecule has 0 atom stereocenters. The van der Waals surface area contributed by atoms with Gasteiger partial charge in [0.25, 0.3) is 5.91 Å². The van der Waals surface area contributed by atoms with Crippen molar-refractivity contribution in [1.82, 2.24) is 14.7 Å². The van der Waals surface area contributed by atoms with Crippen LogP contribution in [0.15, 0.2) is 30.5 Å². The third kappa shape index (κ3) is 3.82. The molecule has 6 nitrogen and oxygen atoms in total. The van der Waals surface area contributed by atoms with Crippen molar-refractivity contribution < 1.29 is 9.53 Å². The van der Waals surface area contributed by atoms with E-state index in [2.05, 4.69) is 11.2 Å². The van der Waals surface area contributed by atoms with E-state index in [1.165, 1.54) is 6.42 Å². The molecule has 0 saturated carbocycles. The second-order valence-corrected chi connectivity index (χ2v) is 6.15. The maximum Gasteiger partial charge on any atom is 0.257 e. The molecule has 2 aromatic rings. The first kappa shape index (κ1) is 17.0. The Bertz CT molecular complexity index is 785. The van der Waals surface area contributed by atoms with Crippen LogP contribution in [0.3, 0.4) is 0 Å². The molecule has 1 aliphatic heterocycles. The van der Waals surface area contributed by atoms with Gasteiger partial charge in [0.05, 0.1) is 31.7 Å². The van der Waals surface area contributed by atoms with Gasteiger partial charge >= 0.3 is 0 Å². The van der Waals surface area contributed by atoms with Crippen molar-refractivity contribution in [2.75, 3.05) is 20.2 Å². The van der Waals surface area contributed by atoms with Gasteiger partial charge in [-0.05, 0) is 31.4 Å². The first-order chi connectivity index (χ1) is 12.2. The molecule has 1 aliphatic rings. The van der Waals surface area contributed by atoms with E-state index in [4.69, 9.17) is 10.00 Å². The van der Waals surface area contributed by atoms with E-state index in [0.717, 1.165) is 37.2 Å². The number of nitrogens with zero attached hydrogens (tertiary/aromatic N) is 4. The van der Waals surface area contributed by atoms with Gasteiger partial charge in [-0.15, -0.1) is 0 Å². The lowest BCUT2D eigenvalue weighted by molar-refractivity contribution is 0.0725. The zero-order valence-electron chi connectivity index (χ0n) is 14.4. The van der Waals surface area contributed by atoms with E-state index in [-0.39, 0.29) is 5.91 Å². The SMILES string of the molecule is COc1cccc(-c2nn(CCC#N)cc2C(=O)N2CCCCC2)c1. The highest BCUT2D eigenvalue weighted by Crippen LogP contribution is 2.27. The quantitative estimate of drug-likeness (QED) is 0.840. The summed E-state index contributed by atoms with van der Waals surface area (Å²) in [5.74, 6) is 0.737. The van der Waals surface area contributed by atoms with Crippen LogP contribution < -0.4 is 4.74 Å². The zero-order valence-corrected chi connectivity index (χ0v) is 14.4. The molecule has 2 heterocycles. The monoisotopic (exact) mass is 338 g/mol. The molecule has 0 unspecified atom stereocenters. The van der Waals surface area contributed by atoms with Crippen molar-refractivity contribution in [3.63, 3.8) is 0 Å². The number of carbonyl (C=O) groups excluding carboxylic acids is 1. The first-order valence-corrected chi connectivity index (χ1v) is 8.61. The van der Waals surface area contributed by atoms with Crippen LogP contribution in [0, 0.1) is 11.3 Å². The number of hydrogen-bond acceptors (Lipinski definition) is 4. The Morgan fingerprint density at radius 1 is 1.32 bits per heavy atom. The van der Waals surface area contributed by atoms with Gasteiger partial charge in [-0.2, -0.15) is 10.4 Å². The van der Waals surface area contributed by atoms with Gasteiger partial charge in [-0.3, -0.25) is 9.48 Å². The minimum atomic E-state index is 0.0146. The van der Waals surface area contributed by atoms with E-state index >= 15 is 0 Å². The van der Waals surface area contributed by atoms with Crippen LogP contribution >= 0.6 is 0 Å². The Morgan fingerprint density at radius 3 is 2.84 bits per heavy atom. The van der Waals surface area contributed by atoms with E-state index in [9.17, 15) is 4.79 Å². The van der Waals surface area contributed by atoms with Crippen molar-refractivity contribution in [3.8, 4) is 23.1 Å². The lowest BCUT2D eigenvalue weighted by Crippen LogP contribution is -2.35. The molecule has 0 N–H and O–H groups in total. The lowest BCUT2D eigenvalue weighted by atomic mass is 10.1. The van der Waals surface area contributed by atoms with E-state index in [0.29, 0.717) is 24.2 Å². The van der Waals surface area contributed by atoms with Crippen LogP contribution in [0.25, 0.3) is 11.3 Å². The van der Waals surface area contributed by atoms with Crippen molar-refractivity contribution in [2.45, 2.75) is 32.2 Å². The number of amides is 1. The van der Waals surface area contributed by atoms with Gasteiger partial charge in [0, 0.05) is 24.8 Å². The van der Waals surface area contributed by atoms with Crippen molar-refractivity contribution >= 4 is 5.91 Å². The Kier molecular flexibility index (Phi) is 5.34. The van der Waals surface area contributed by atoms with Crippen LogP contribution in [0.4, 0.5) is 0 Å². The van der Waals surface area contributed by atoms with Gasteiger partial charge in [0.2, 0.25) is 0 Å². The topological polar surface area (TPSA) is 71.1 Å². The number of aromatic nitrogens is 2. The summed E-state index contributed by atoms with van der Waals surface area (Å²) in [4.78, 5) is 14.9. The highest BCUT2D eigenvalue weighted by molar-refractivity contribution is 6.00. The minimum absolute atomic E-state index is 0.0146. The largest absolute Gasteiger partial charge is 0.497 e. The predicted octanol–water partition coefficient (Wildman–Crippen LogP) is 3.10. The maximum absolute atomic E-state index is 13.0. The Labute approximate surface area is 147 Å². The average molecular weight is 338 g/mol. The number of benzene rings is 1. The number of nitriles is 1. The Hall–Kier alpha value is -2.81. The smallest absolute Gasteiger partial charge is 0.257 e. The molecule has 130 valence electrons. The highest BCUT2D eigenvalue weighted by atomic mass is 16.5. The fourth-order valence-electron chi connectivity index (χ4n) is 3.11. The fraction of sp³-hybridized carbons (Fsp3) is 0.421. The summed E-state index contributed by atoms with van der Waals surface area (Å²) in [7, 11) is 1.62. The summed E-state index contributed by atoms with van der Waals surface area (Å²) in [6.07, 6.45) is 5.39. The van der Waals surface area contributed by atoms with Gasteiger partial charge in [0.15, 0.2) is 0 Å². The number of methoxy groups -OCH3 is 1. The Morgan fingerprint density at radius 2 is 2.12 bits per heavy atom. The third-order valence-corrected chi connectivity index (χ3v) is 4.43. The van der Waals surface area contributed by atoms with Crippen LogP contribution in [-0.4, -0.2) is 40.8 Å². The number of rotatable bonds is 5. The minimum Gasteiger partial charge on any atom is -0.497 e. The van der Waals surface area contributed by atoms with Gasteiger partial charge < -0.3 is 9.64 Å². The normalized spacial score (nSPS) is 14.2. The third-order valence-electron chi connectivity index (χ3n) is 4.43.